The van der Waals surface area contributed by atoms with Crippen molar-refractivity contribution in [2.45, 2.75) is 57.5 Å². The molecular formula is C12H30O3Si2. The van der Waals surface area contributed by atoms with Gasteiger partial charge < -0.3 is 14.0 Å². The maximum absolute atomic E-state index is 8.81. The van der Waals surface area contributed by atoms with Crippen LogP contribution in [0.25, 0.3) is 0 Å². The van der Waals surface area contributed by atoms with Crippen LogP contribution in [-0.4, -0.2) is 42.1 Å². The molecule has 3 nitrogen and oxygen atoms in total. The molecule has 0 radical (unpaired) electrons. The van der Waals surface area contributed by atoms with E-state index in [0.717, 1.165) is 31.9 Å². The molecule has 0 fully saturated rings. The molecule has 0 saturated heterocycles. The summed E-state index contributed by atoms with van der Waals surface area (Å²) in [4.78, 5) is 0. The SMILES string of the molecule is COCCC[Si](C)(C)O[Si](C)(C)CCCCO. The normalized spacial score (nSPS) is 13.1. The third kappa shape index (κ3) is 9.97. The topological polar surface area (TPSA) is 38.7 Å². The molecule has 0 aromatic carbocycles. The Morgan fingerprint density at radius 1 is 0.882 bits per heavy atom. The smallest absolute Gasteiger partial charge is 0.173 e. The summed E-state index contributed by atoms with van der Waals surface area (Å²) in [5, 5.41) is 8.81. The Morgan fingerprint density at radius 3 is 1.88 bits per heavy atom. The molecule has 0 aliphatic rings. The molecule has 0 aliphatic heterocycles. The molecule has 0 atom stereocenters. The van der Waals surface area contributed by atoms with E-state index in [1.165, 1.54) is 6.04 Å². The van der Waals surface area contributed by atoms with Crippen molar-refractivity contribution in [3.63, 3.8) is 0 Å². The Morgan fingerprint density at radius 2 is 1.41 bits per heavy atom. The molecule has 0 aromatic rings. The number of aliphatic hydroxyl groups is 1. The second kappa shape index (κ2) is 8.42. The Bertz CT molecular complexity index is 176. The van der Waals surface area contributed by atoms with Crippen LogP contribution in [-0.2, 0) is 8.85 Å². The maximum atomic E-state index is 8.81. The third-order valence-corrected chi connectivity index (χ3v) is 10.4. The number of methoxy groups -OCH3 is 1. The Kier molecular flexibility index (Phi) is 8.58. The lowest BCUT2D eigenvalue weighted by Crippen LogP contribution is -2.44. The summed E-state index contributed by atoms with van der Waals surface area (Å²) in [5.41, 5.74) is 0. The van der Waals surface area contributed by atoms with Crippen molar-refractivity contribution in [2.24, 2.45) is 0 Å². The van der Waals surface area contributed by atoms with E-state index in [9.17, 15) is 0 Å². The molecule has 0 bridgehead atoms. The summed E-state index contributed by atoms with van der Waals surface area (Å²) in [5.74, 6) is 0. The molecule has 17 heavy (non-hydrogen) atoms. The Hall–Kier alpha value is 0.314. The second-order valence-corrected chi connectivity index (χ2v) is 14.8. The lowest BCUT2D eigenvalue weighted by molar-refractivity contribution is 0.198. The molecular weight excluding hydrogens is 248 g/mol. The standard InChI is InChI=1S/C12H30O3Si2/c1-14-10-8-12-17(4,5)15-16(2,3)11-7-6-9-13/h13H,6-12H2,1-5H3. The largest absolute Gasteiger partial charge is 0.455 e. The van der Waals surface area contributed by atoms with E-state index in [1.54, 1.807) is 7.11 Å². The van der Waals surface area contributed by atoms with E-state index in [4.69, 9.17) is 14.0 Å². The fourth-order valence-corrected chi connectivity index (χ4v) is 11.1. The number of ether oxygens (including phenoxy) is 1. The number of hydrogen-bond donors (Lipinski definition) is 1. The first-order chi connectivity index (χ1) is 7.83. The molecule has 5 heteroatoms. The van der Waals surface area contributed by atoms with Crippen LogP contribution in [0.5, 0.6) is 0 Å². The average Bonchev–Trinajstić information content (AvgIpc) is 2.16. The zero-order chi connectivity index (χ0) is 13.4. The minimum atomic E-state index is -1.53. The number of hydrogen-bond acceptors (Lipinski definition) is 3. The van der Waals surface area contributed by atoms with Crippen molar-refractivity contribution < 1.29 is 14.0 Å². The van der Waals surface area contributed by atoms with E-state index in [1.807, 2.05) is 0 Å². The van der Waals surface area contributed by atoms with Crippen molar-refractivity contribution in [3.8, 4) is 0 Å². The molecule has 0 heterocycles. The van der Waals surface area contributed by atoms with Gasteiger partial charge in [0.1, 0.15) is 0 Å². The van der Waals surface area contributed by atoms with E-state index in [0.29, 0.717) is 6.61 Å². The zero-order valence-corrected chi connectivity index (χ0v) is 14.2. The molecule has 104 valence electrons. The van der Waals surface area contributed by atoms with Crippen LogP contribution in [0.4, 0.5) is 0 Å². The van der Waals surface area contributed by atoms with Gasteiger partial charge in [0.2, 0.25) is 0 Å². The molecule has 0 amide bonds. The number of unbranched alkanes of at least 4 members (excludes halogenated alkanes) is 1. The van der Waals surface area contributed by atoms with Gasteiger partial charge in [-0.05, 0) is 51.1 Å². The highest BCUT2D eigenvalue weighted by Crippen LogP contribution is 2.24. The molecule has 0 aromatic heterocycles. The monoisotopic (exact) mass is 278 g/mol. The van der Waals surface area contributed by atoms with Crippen molar-refractivity contribution in [2.75, 3.05) is 20.3 Å². The van der Waals surface area contributed by atoms with Crippen LogP contribution in [0.15, 0.2) is 0 Å². The van der Waals surface area contributed by atoms with Gasteiger partial charge in [-0.1, -0.05) is 6.42 Å². The first kappa shape index (κ1) is 17.3. The quantitative estimate of drug-likeness (QED) is 0.492. The average molecular weight is 279 g/mol. The van der Waals surface area contributed by atoms with Crippen molar-refractivity contribution >= 4 is 16.6 Å². The molecule has 1 N–H and O–H groups in total. The van der Waals surface area contributed by atoms with Gasteiger partial charge in [0.05, 0.1) is 0 Å². The van der Waals surface area contributed by atoms with Gasteiger partial charge in [0, 0.05) is 20.3 Å². The van der Waals surface area contributed by atoms with Crippen LogP contribution in [0.1, 0.15) is 19.3 Å². The summed E-state index contributed by atoms with van der Waals surface area (Å²) in [6.07, 6.45) is 3.11. The highest BCUT2D eigenvalue weighted by Gasteiger charge is 2.31. The summed E-state index contributed by atoms with van der Waals surface area (Å²) in [6.45, 7) is 10.4. The minimum Gasteiger partial charge on any atom is -0.455 e. The van der Waals surface area contributed by atoms with Crippen LogP contribution in [0, 0.1) is 0 Å². The first-order valence-corrected chi connectivity index (χ1v) is 12.9. The van der Waals surface area contributed by atoms with Crippen LogP contribution < -0.4 is 0 Å². The van der Waals surface area contributed by atoms with Crippen LogP contribution >= 0.6 is 0 Å². The lowest BCUT2D eigenvalue weighted by Gasteiger charge is -2.34. The summed E-state index contributed by atoms with van der Waals surface area (Å²) >= 11 is 0. The van der Waals surface area contributed by atoms with E-state index < -0.39 is 16.6 Å². The van der Waals surface area contributed by atoms with Gasteiger partial charge in [0.15, 0.2) is 16.6 Å². The van der Waals surface area contributed by atoms with Gasteiger partial charge >= 0.3 is 0 Å². The van der Waals surface area contributed by atoms with Gasteiger partial charge in [-0.25, -0.2) is 0 Å². The van der Waals surface area contributed by atoms with Crippen LogP contribution in [0.2, 0.25) is 38.3 Å². The third-order valence-electron chi connectivity index (χ3n) is 2.87. The summed E-state index contributed by atoms with van der Waals surface area (Å²) < 4.78 is 11.6. The second-order valence-electron chi connectivity index (χ2n) is 5.90. The molecule has 0 rings (SSSR count). The summed E-state index contributed by atoms with van der Waals surface area (Å²) in [7, 11) is -1.29. The van der Waals surface area contributed by atoms with Gasteiger partial charge in [-0.3, -0.25) is 0 Å². The Labute approximate surface area is 109 Å². The zero-order valence-electron chi connectivity index (χ0n) is 12.2. The van der Waals surface area contributed by atoms with Crippen molar-refractivity contribution in [1.82, 2.24) is 0 Å². The molecule has 0 aliphatic carbocycles. The van der Waals surface area contributed by atoms with E-state index in [2.05, 4.69) is 26.2 Å². The van der Waals surface area contributed by atoms with Gasteiger partial charge in [-0.2, -0.15) is 0 Å². The highest BCUT2D eigenvalue weighted by molar-refractivity contribution is 6.84. The highest BCUT2D eigenvalue weighted by atomic mass is 28.4. The predicted octanol–water partition coefficient (Wildman–Crippen LogP) is 3.22. The van der Waals surface area contributed by atoms with Crippen molar-refractivity contribution in [1.29, 1.82) is 0 Å². The van der Waals surface area contributed by atoms with Crippen LogP contribution in [0.3, 0.4) is 0 Å². The summed E-state index contributed by atoms with van der Waals surface area (Å²) in [6, 6.07) is 2.34. The molecule has 0 spiro atoms. The minimum absolute atomic E-state index is 0.305. The lowest BCUT2D eigenvalue weighted by atomic mass is 10.4. The first-order valence-electron chi connectivity index (χ1n) is 6.63. The molecule has 0 saturated carbocycles. The van der Waals surface area contributed by atoms with E-state index in [-0.39, 0.29) is 0 Å². The number of rotatable bonds is 10. The van der Waals surface area contributed by atoms with Gasteiger partial charge in [-0.15, -0.1) is 0 Å². The molecule has 0 unspecified atom stereocenters. The van der Waals surface area contributed by atoms with Crippen molar-refractivity contribution in [3.05, 3.63) is 0 Å². The fraction of sp³-hybridized carbons (Fsp3) is 1.00. The predicted molar refractivity (Wildman–Crippen MR) is 78.5 cm³/mol. The fourth-order valence-electron chi connectivity index (χ4n) is 2.15. The Balaban J connectivity index is 3.99. The van der Waals surface area contributed by atoms with Gasteiger partial charge in [0.25, 0.3) is 0 Å². The van der Waals surface area contributed by atoms with E-state index >= 15 is 0 Å². The number of aliphatic hydroxyl groups excluding tert-OH is 1. The maximum Gasteiger partial charge on any atom is 0.173 e.